The number of hydrogen-bond donors (Lipinski definition) is 1. The molecule has 0 bridgehead atoms. The van der Waals surface area contributed by atoms with E-state index < -0.39 is 0 Å². The highest BCUT2D eigenvalue weighted by Gasteiger charge is 2.60. The molecule has 3 atom stereocenters. The van der Waals surface area contributed by atoms with E-state index in [9.17, 15) is 5.11 Å². The van der Waals surface area contributed by atoms with Crippen LogP contribution in [0.4, 0.5) is 0 Å². The molecule has 2 unspecified atom stereocenters. The van der Waals surface area contributed by atoms with Crippen LogP contribution in [0.25, 0.3) is 0 Å². The first-order valence-corrected chi connectivity index (χ1v) is 3.93. The summed E-state index contributed by atoms with van der Waals surface area (Å²) in [4.78, 5) is 0. The van der Waals surface area contributed by atoms with Gasteiger partial charge in [0.15, 0.2) is 0 Å². The van der Waals surface area contributed by atoms with Gasteiger partial charge in [0.1, 0.15) is 0 Å². The van der Waals surface area contributed by atoms with Crippen LogP contribution in [0, 0.1) is 10.8 Å². The molecule has 2 aliphatic rings. The normalized spacial score (nSPS) is 58.1. The van der Waals surface area contributed by atoms with Crippen LogP contribution in [0.1, 0.15) is 26.7 Å². The van der Waals surface area contributed by atoms with Gasteiger partial charge in [-0.2, -0.15) is 0 Å². The van der Waals surface area contributed by atoms with E-state index in [1.165, 1.54) is 6.42 Å². The summed E-state index contributed by atoms with van der Waals surface area (Å²) >= 11 is 0. The van der Waals surface area contributed by atoms with Crippen LogP contribution >= 0.6 is 0 Å². The SMILES string of the molecule is CC12C=C[C@@H](O)CC1(C)C2. The van der Waals surface area contributed by atoms with Crippen molar-refractivity contribution < 1.29 is 5.11 Å². The van der Waals surface area contributed by atoms with Gasteiger partial charge in [0, 0.05) is 0 Å². The fourth-order valence-electron chi connectivity index (χ4n) is 2.18. The number of aliphatic hydroxyl groups is 1. The maximum Gasteiger partial charge on any atom is 0.0726 e. The topological polar surface area (TPSA) is 20.2 Å². The minimum Gasteiger partial charge on any atom is -0.389 e. The maximum absolute atomic E-state index is 9.30. The van der Waals surface area contributed by atoms with Gasteiger partial charge in [-0.05, 0) is 23.7 Å². The van der Waals surface area contributed by atoms with E-state index in [2.05, 4.69) is 19.9 Å². The Labute approximate surface area is 61.8 Å². The van der Waals surface area contributed by atoms with Gasteiger partial charge in [-0.1, -0.05) is 26.0 Å². The lowest BCUT2D eigenvalue weighted by molar-refractivity contribution is 0.164. The van der Waals surface area contributed by atoms with E-state index in [4.69, 9.17) is 0 Å². The predicted octanol–water partition coefficient (Wildman–Crippen LogP) is 1.72. The molecule has 0 amide bonds. The molecule has 2 rings (SSSR count). The average Bonchev–Trinajstić information content (AvgIpc) is 2.33. The Kier molecular flexibility index (Phi) is 0.946. The first-order valence-electron chi connectivity index (χ1n) is 3.93. The van der Waals surface area contributed by atoms with Crippen molar-refractivity contribution in [3.8, 4) is 0 Å². The van der Waals surface area contributed by atoms with Crippen LogP contribution in [0.5, 0.6) is 0 Å². The summed E-state index contributed by atoms with van der Waals surface area (Å²) in [6.07, 6.45) is 6.16. The second-order valence-electron chi connectivity index (χ2n) is 4.29. The Morgan fingerprint density at radius 1 is 1.50 bits per heavy atom. The van der Waals surface area contributed by atoms with Gasteiger partial charge < -0.3 is 5.11 Å². The summed E-state index contributed by atoms with van der Waals surface area (Å²) in [7, 11) is 0. The van der Waals surface area contributed by atoms with E-state index in [0.717, 1.165) is 6.42 Å². The minimum absolute atomic E-state index is 0.180. The number of allylic oxidation sites excluding steroid dienone is 1. The molecular formula is C9H14O. The molecule has 0 aromatic heterocycles. The van der Waals surface area contributed by atoms with Crippen LogP contribution < -0.4 is 0 Å². The molecule has 1 heteroatoms. The fourth-order valence-corrected chi connectivity index (χ4v) is 2.18. The number of aliphatic hydroxyl groups excluding tert-OH is 1. The lowest BCUT2D eigenvalue weighted by Gasteiger charge is -2.22. The van der Waals surface area contributed by atoms with Crippen molar-refractivity contribution in [2.75, 3.05) is 0 Å². The molecule has 0 radical (unpaired) electrons. The van der Waals surface area contributed by atoms with Crippen LogP contribution in [-0.4, -0.2) is 11.2 Å². The molecule has 0 spiro atoms. The van der Waals surface area contributed by atoms with Gasteiger partial charge in [0.2, 0.25) is 0 Å². The molecule has 10 heavy (non-hydrogen) atoms. The standard InChI is InChI=1S/C9H14O/c1-8-4-3-7(10)5-9(8,2)6-8/h3-4,7,10H,5-6H2,1-2H3/t7-,8?,9?/m1/s1. The third-order valence-electron chi connectivity index (χ3n) is 3.36. The van der Waals surface area contributed by atoms with Crippen LogP contribution in [0.3, 0.4) is 0 Å². The Balaban J connectivity index is 2.27. The zero-order valence-corrected chi connectivity index (χ0v) is 6.59. The molecule has 1 nitrogen and oxygen atoms in total. The maximum atomic E-state index is 9.30. The summed E-state index contributed by atoms with van der Waals surface area (Å²) in [6, 6.07) is 0. The summed E-state index contributed by atoms with van der Waals surface area (Å²) in [5.41, 5.74) is 0.841. The summed E-state index contributed by atoms with van der Waals surface area (Å²) in [5.74, 6) is 0. The molecule has 1 saturated carbocycles. The van der Waals surface area contributed by atoms with Crippen molar-refractivity contribution in [3.05, 3.63) is 12.2 Å². The Morgan fingerprint density at radius 3 is 2.70 bits per heavy atom. The van der Waals surface area contributed by atoms with E-state index in [-0.39, 0.29) is 6.10 Å². The second kappa shape index (κ2) is 1.48. The van der Waals surface area contributed by atoms with Crippen LogP contribution in [0.2, 0.25) is 0 Å². The van der Waals surface area contributed by atoms with E-state index in [1.54, 1.807) is 0 Å². The Hall–Kier alpha value is -0.300. The van der Waals surface area contributed by atoms with Crippen molar-refractivity contribution in [1.82, 2.24) is 0 Å². The molecule has 1 fully saturated rings. The summed E-state index contributed by atoms with van der Waals surface area (Å²) < 4.78 is 0. The zero-order valence-electron chi connectivity index (χ0n) is 6.59. The zero-order chi connectivity index (χ0) is 7.41. The lowest BCUT2D eigenvalue weighted by atomic mass is 9.86. The van der Waals surface area contributed by atoms with Gasteiger partial charge in [-0.25, -0.2) is 0 Å². The quantitative estimate of drug-likeness (QED) is 0.505. The van der Waals surface area contributed by atoms with Crippen molar-refractivity contribution in [2.24, 2.45) is 10.8 Å². The highest BCUT2D eigenvalue weighted by Crippen LogP contribution is 2.68. The van der Waals surface area contributed by atoms with Gasteiger partial charge in [0.05, 0.1) is 6.10 Å². The molecule has 0 aliphatic heterocycles. The predicted molar refractivity (Wildman–Crippen MR) is 40.6 cm³/mol. The molecule has 0 saturated heterocycles. The molecule has 0 aromatic rings. The van der Waals surface area contributed by atoms with Crippen molar-refractivity contribution in [3.63, 3.8) is 0 Å². The van der Waals surface area contributed by atoms with Gasteiger partial charge >= 0.3 is 0 Å². The van der Waals surface area contributed by atoms with E-state index >= 15 is 0 Å². The van der Waals surface area contributed by atoms with Gasteiger partial charge in [0.25, 0.3) is 0 Å². The Bertz CT molecular complexity index is 197. The first-order chi connectivity index (χ1) is 4.56. The number of hydrogen-bond acceptors (Lipinski definition) is 1. The van der Waals surface area contributed by atoms with Gasteiger partial charge in [-0.15, -0.1) is 0 Å². The van der Waals surface area contributed by atoms with Crippen LogP contribution in [0.15, 0.2) is 12.2 Å². The molecule has 56 valence electrons. The first kappa shape index (κ1) is 6.41. The molecular weight excluding hydrogens is 124 g/mol. The highest BCUT2D eigenvalue weighted by molar-refractivity contribution is 5.24. The van der Waals surface area contributed by atoms with Crippen molar-refractivity contribution in [1.29, 1.82) is 0 Å². The molecule has 0 aromatic carbocycles. The number of rotatable bonds is 0. The largest absolute Gasteiger partial charge is 0.389 e. The third-order valence-corrected chi connectivity index (χ3v) is 3.36. The fraction of sp³-hybridized carbons (Fsp3) is 0.778. The average molecular weight is 138 g/mol. The van der Waals surface area contributed by atoms with Crippen molar-refractivity contribution >= 4 is 0 Å². The monoisotopic (exact) mass is 138 g/mol. The van der Waals surface area contributed by atoms with E-state index in [0.29, 0.717) is 10.8 Å². The molecule has 2 aliphatic carbocycles. The smallest absolute Gasteiger partial charge is 0.0726 e. The number of fused-ring (bicyclic) bond motifs is 1. The minimum atomic E-state index is -0.180. The Morgan fingerprint density at radius 2 is 2.20 bits per heavy atom. The summed E-state index contributed by atoms with van der Waals surface area (Å²) in [6.45, 7) is 4.54. The molecule has 1 N–H and O–H groups in total. The molecule has 0 heterocycles. The van der Waals surface area contributed by atoms with Crippen LogP contribution in [-0.2, 0) is 0 Å². The van der Waals surface area contributed by atoms with Crippen molar-refractivity contribution in [2.45, 2.75) is 32.8 Å². The van der Waals surface area contributed by atoms with E-state index in [1.807, 2.05) is 6.08 Å². The lowest BCUT2D eigenvalue weighted by Crippen LogP contribution is -2.18. The highest BCUT2D eigenvalue weighted by atomic mass is 16.3. The van der Waals surface area contributed by atoms with Gasteiger partial charge in [-0.3, -0.25) is 0 Å². The second-order valence-corrected chi connectivity index (χ2v) is 4.29. The third kappa shape index (κ3) is 0.615. The summed E-state index contributed by atoms with van der Waals surface area (Å²) in [5, 5.41) is 9.30.